The standard InChI is InChI=1S/C16H10N4O2S/c17-9-11(16-18-12-6-2-3-7-13(12)19-16)15-10-5-1-4-8-14(10)23(21,22)20-15/h1-8,20H,(H,18,19). The summed E-state index contributed by atoms with van der Waals surface area (Å²) in [6.45, 7) is 0. The number of nitriles is 1. The average molecular weight is 322 g/mol. The van der Waals surface area contributed by atoms with Gasteiger partial charge in [-0.2, -0.15) is 5.26 Å². The van der Waals surface area contributed by atoms with Crippen LogP contribution in [0.2, 0.25) is 0 Å². The second kappa shape index (κ2) is 4.69. The van der Waals surface area contributed by atoms with Crippen LogP contribution in [0.1, 0.15) is 11.4 Å². The van der Waals surface area contributed by atoms with Crippen LogP contribution in [0.5, 0.6) is 0 Å². The Morgan fingerprint density at radius 2 is 1.83 bits per heavy atom. The molecule has 6 nitrogen and oxygen atoms in total. The third-order valence-electron chi connectivity index (χ3n) is 3.67. The minimum absolute atomic E-state index is 0.162. The van der Waals surface area contributed by atoms with Crippen molar-refractivity contribution in [3.8, 4) is 6.07 Å². The molecule has 1 aliphatic rings. The van der Waals surface area contributed by atoms with Crippen molar-refractivity contribution in [1.29, 1.82) is 5.26 Å². The van der Waals surface area contributed by atoms with Gasteiger partial charge in [0, 0.05) is 5.56 Å². The van der Waals surface area contributed by atoms with Crippen LogP contribution < -0.4 is 4.72 Å². The highest BCUT2D eigenvalue weighted by Crippen LogP contribution is 2.34. The van der Waals surface area contributed by atoms with Crippen LogP contribution in [0, 0.1) is 11.3 Å². The van der Waals surface area contributed by atoms with Gasteiger partial charge in [-0.25, -0.2) is 13.4 Å². The van der Waals surface area contributed by atoms with Gasteiger partial charge in [-0.1, -0.05) is 30.3 Å². The van der Waals surface area contributed by atoms with Crippen molar-refractivity contribution in [2.45, 2.75) is 4.90 Å². The fourth-order valence-electron chi connectivity index (χ4n) is 2.64. The molecule has 3 aromatic rings. The van der Waals surface area contributed by atoms with Gasteiger partial charge < -0.3 is 4.98 Å². The predicted molar refractivity (Wildman–Crippen MR) is 85.3 cm³/mol. The number of rotatable bonds is 1. The molecule has 0 amide bonds. The molecule has 4 rings (SSSR count). The first kappa shape index (κ1) is 13.5. The van der Waals surface area contributed by atoms with Crippen molar-refractivity contribution in [3.05, 3.63) is 59.9 Å². The zero-order valence-electron chi connectivity index (χ0n) is 11.7. The maximum Gasteiger partial charge on any atom is 0.262 e. The minimum Gasteiger partial charge on any atom is -0.337 e. The molecule has 0 aliphatic carbocycles. The number of aromatic amines is 1. The highest BCUT2D eigenvalue weighted by Gasteiger charge is 2.32. The van der Waals surface area contributed by atoms with E-state index in [-0.39, 0.29) is 16.2 Å². The van der Waals surface area contributed by atoms with E-state index in [9.17, 15) is 13.7 Å². The molecular formula is C16H10N4O2S. The van der Waals surface area contributed by atoms with Crippen LogP contribution in [0.3, 0.4) is 0 Å². The van der Waals surface area contributed by atoms with Gasteiger partial charge >= 0.3 is 0 Å². The summed E-state index contributed by atoms with van der Waals surface area (Å²) in [7, 11) is -3.65. The first-order chi connectivity index (χ1) is 11.1. The van der Waals surface area contributed by atoms with Crippen LogP contribution in [-0.2, 0) is 10.0 Å². The molecule has 0 radical (unpaired) electrons. The Kier molecular flexibility index (Phi) is 2.76. The molecule has 2 aromatic carbocycles. The van der Waals surface area contributed by atoms with E-state index >= 15 is 0 Å². The Hall–Kier alpha value is -3.11. The molecule has 1 aromatic heterocycles. The summed E-state index contributed by atoms with van der Waals surface area (Å²) < 4.78 is 26.9. The molecule has 0 atom stereocenters. The monoisotopic (exact) mass is 322 g/mol. The first-order valence-corrected chi connectivity index (χ1v) is 8.30. The largest absolute Gasteiger partial charge is 0.337 e. The number of benzene rings is 2. The van der Waals surface area contributed by atoms with Crippen LogP contribution >= 0.6 is 0 Å². The lowest BCUT2D eigenvalue weighted by Gasteiger charge is -2.02. The van der Waals surface area contributed by atoms with E-state index in [0.29, 0.717) is 16.9 Å². The quantitative estimate of drug-likeness (QED) is 0.671. The average Bonchev–Trinajstić information content (AvgIpc) is 3.08. The Balaban J connectivity index is 2.00. The van der Waals surface area contributed by atoms with Gasteiger partial charge in [-0.3, -0.25) is 4.72 Å². The third-order valence-corrected chi connectivity index (χ3v) is 5.08. The van der Waals surface area contributed by atoms with Crippen molar-refractivity contribution in [1.82, 2.24) is 14.7 Å². The highest BCUT2D eigenvalue weighted by molar-refractivity contribution is 7.90. The van der Waals surface area contributed by atoms with Crippen molar-refractivity contribution in [3.63, 3.8) is 0 Å². The molecular weight excluding hydrogens is 312 g/mol. The summed E-state index contributed by atoms with van der Waals surface area (Å²) in [5.74, 6) is 0.336. The number of para-hydroxylation sites is 2. The molecule has 0 bridgehead atoms. The highest BCUT2D eigenvalue weighted by atomic mass is 32.2. The number of aromatic nitrogens is 2. The fourth-order valence-corrected chi connectivity index (χ4v) is 3.94. The van der Waals surface area contributed by atoms with Crippen LogP contribution in [0.25, 0.3) is 22.3 Å². The Labute approximate surface area is 132 Å². The molecule has 0 saturated heterocycles. The molecule has 0 unspecified atom stereocenters. The number of H-pyrrole nitrogens is 1. The lowest BCUT2D eigenvalue weighted by atomic mass is 10.1. The molecule has 1 aliphatic heterocycles. The summed E-state index contributed by atoms with van der Waals surface area (Å²) in [5.41, 5.74) is 2.39. The molecule has 2 N–H and O–H groups in total. The number of allylic oxidation sites excluding steroid dienone is 1. The van der Waals surface area contributed by atoms with E-state index in [1.165, 1.54) is 6.07 Å². The number of imidazole rings is 1. The lowest BCUT2D eigenvalue weighted by molar-refractivity contribution is 0.594. The number of fused-ring (bicyclic) bond motifs is 2. The molecule has 7 heteroatoms. The Morgan fingerprint density at radius 1 is 1.09 bits per heavy atom. The molecule has 112 valence electrons. The van der Waals surface area contributed by atoms with Gasteiger partial charge in [0.15, 0.2) is 5.82 Å². The number of hydrogen-bond donors (Lipinski definition) is 2. The number of sulfonamides is 1. The van der Waals surface area contributed by atoms with E-state index in [1.54, 1.807) is 18.2 Å². The van der Waals surface area contributed by atoms with E-state index < -0.39 is 10.0 Å². The summed E-state index contributed by atoms with van der Waals surface area (Å²) in [5, 5.41) is 9.56. The summed E-state index contributed by atoms with van der Waals surface area (Å²) in [4.78, 5) is 7.60. The van der Waals surface area contributed by atoms with Gasteiger partial charge in [0.2, 0.25) is 0 Å². The predicted octanol–water partition coefficient (Wildman–Crippen LogP) is 2.25. The van der Waals surface area contributed by atoms with Gasteiger partial charge in [0.1, 0.15) is 11.6 Å². The molecule has 0 saturated carbocycles. The second-order valence-corrected chi connectivity index (χ2v) is 6.72. The van der Waals surface area contributed by atoms with Crippen molar-refractivity contribution in [2.75, 3.05) is 0 Å². The van der Waals surface area contributed by atoms with Crippen molar-refractivity contribution < 1.29 is 8.42 Å². The summed E-state index contributed by atoms with van der Waals surface area (Å²) in [6, 6.07) is 16.0. The topological polar surface area (TPSA) is 98.6 Å². The van der Waals surface area contributed by atoms with Gasteiger partial charge in [-0.05, 0) is 18.2 Å². The zero-order chi connectivity index (χ0) is 16.0. The van der Waals surface area contributed by atoms with Crippen LogP contribution in [-0.4, -0.2) is 18.4 Å². The fraction of sp³-hybridized carbons (Fsp3) is 0. The maximum atomic E-state index is 12.2. The minimum atomic E-state index is -3.65. The van der Waals surface area contributed by atoms with Crippen LogP contribution in [0.4, 0.5) is 0 Å². The van der Waals surface area contributed by atoms with Crippen molar-refractivity contribution >= 4 is 32.3 Å². The van der Waals surface area contributed by atoms with Gasteiger partial charge in [-0.15, -0.1) is 0 Å². The lowest BCUT2D eigenvalue weighted by Crippen LogP contribution is -2.14. The Morgan fingerprint density at radius 3 is 2.61 bits per heavy atom. The maximum absolute atomic E-state index is 12.2. The normalized spacial score (nSPS) is 17.3. The van der Waals surface area contributed by atoms with Crippen molar-refractivity contribution in [2.24, 2.45) is 0 Å². The van der Waals surface area contributed by atoms with E-state index in [2.05, 4.69) is 20.8 Å². The molecule has 23 heavy (non-hydrogen) atoms. The number of nitrogens with one attached hydrogen (secondary N) is 2. The van der Waals surface area contributed by atoms with Gasteiger partial charge in [0.25, 0.3) is 10.0 Å². The van der Waals surface area contributed by atoms with E-state index in [1.807, 2.05) is 24.3 Å². The number of nitrogens with zero attached hydrogens (tertiary/aromatic N) is 2. The first-order valence-electron chi connectivity index (χ1n) is 6.82. The molecule has 0 fully saturated rings. The van der Waals surface area contributed by atoms with Crippen LogP contribution in [0.15, 0.2) is 53.4 Å². The molecule has 0 spiro atoms. The smallest absolute Gasteiger partial charge is 0.262 e. The second-order valence-electron chi connectivity index (χ2n) is 5.07. The van der Waals surface area contributed by atoms with E-state index in [0.717, 1.165) is 5.52 Å². The van der Waals surface area contributed by atoms with Gasteiger partial charge in [0.05, 0.1) is 21.6 Å². The summed E-state index contributed by atoms with van der Waals surface area (Å²) in [6.07, 6.45) is 0. The van der Waals surface area contributed by atoms with E-state index in [4.69, 9.17) is 0 Å². The third kappa shape index (κ3) is 2.00. The SMILES string of the molecule is N#CC(=C1NS(=O)(=O)c2ccccc21)c1nc2ccccc2[nH]1. The Bertz CT molecular complexity index is 1090. The summed E-state index contributed by atoms with van der Waals surface area (Å²) >= 11 is 0. The zero-order valence-corrected chi connectivity index (χ0v) is 12.6. The number of hydrogen-bond acceptors (Lipinski definition) is 4. The molecule has 2 heterocycles.